The molecule has 204 valence electrons. The number of alkyl halides is 3. The van der Waals surface area contributed by atoms with Gasteiger partial charge in [-0.1, -0.05) is 30.7 Å². The summed E-state index contributed by atoms with van der Waals surface area (Å²) in [4.78, 5) is 22.1. The molecule has 1 aliphatic rings. The quantitative estimate of drug-likeness (QED) is 0.180. The molecule has 5 rings (SSSR count). The first-order chi connectivity index (χ1) is 18.7. The van der Waals surface area contributed by atoms with E-state index in [4.69, 9.17) is 11.6 Å². The van der Waals surface area contributed by atoms with Crippen LogP contribution in [0.4, 0.5) is 20.2 Å². The van der Waals surface area contributed by atoms with Crippen LogP contribution < -0.4 is 19.9 Å². The molecule has 0 unspecified atom stereocenters. The van der Waals surface area contributed by atoms with Crippen molar-refractivity contribution in [1.82, 2.24) is 14.7 Å². The summed E-state index contributed by atoms with van der Waals surface area (Å²) in [6.07, 6.45) is 2.42. The van der Waals surface area contributed by atoms with E-state index in [9.17, 15) is 13.6 Å². The van der Waals surface area contributed by atoms with Gasteiger partial charge in [-0.25, -0.2) is 4.98 Å². The second-order valence-electron chi connectivity index (χ2n) is 9.18. The molecule has 1 amide bonds. The highest BCUT2D eigenvalue weighted by Gasteiger charge is 2.26. The third kappa shape index (κ3) is 6.38. The molecule has 2 aromatic carbocycles. The van der Waals surface area contributed by atoms with Crippen LogP contribution in [0.2, 0.25) is 5.02 Å². The number of pyridine rings is 1. The molecule has 0 aliphatic carbocycles. The summed E-state index contributed by atoms with van der Waals surface area (Å²) in [6, 6.07) is 18.5. The number of carbonyl (C=O) groups excluding carboxylic acids is 1. The highest BCUT2D eigenvalue weighted by molar-refractivity contribution is 14.1. The minimum absolute atomic E-state index is 0.141. The Morgan fingerprint density at radius 3 is 2.18 bits per heavy atom. The van der Waals surface area contributed by atoms with Gasteiger partial charge in [0.2, 0.25) is 0 Å². The van der Waals surface area contributed by atoms with Gasteiger partial charge in [-0.2, -0.15) is 8.78 Å². The number of imidazole rings is 1. The van der Waals surface area contributed by atoms with Crippen LogP contribution in [0.3, 0.4) is 0 Å². The molecule has 1 saturated heterocycles. The Balaban J connectivity index is 1.16. The number of nitrogens with one attached hydrogen (secondary N) is 1. The normalized spacial score (nSPS) is 14.1. The molecule has 2 aromatic heterocycles. The highest BCUT2D eigenvalue weighted by atomic mass is 127. The van der Waals surface area contributed by atoms with Crippen LogP contribution >= 0.6 is 34.2 Å². The molecule has 0 bridgehead atoms. The van der Waals surface area contributed by atoms with Crippen LogP contribution in [0, 0.1) is 0 Å². The Labute approximate surface area is 243 Å². The van der Waals surface area contributed by atoms with Gasteiger partial charge in [0.1, 0.15) is 11.4 Å². The van der Waals surface area contributed by atoms with Crippen LogP contribution in [-0.2, 0) is 13.0 Å². The predicted molar refractivity (Wildman–Crippen MR) is 158 cm³/mol. The number of aryl methyl sites for hydroxylation is 1. The molecule has 0 radical (unpaired) electrons. The fraction of sp³-hybridized carbons (Fsp3) is 0.286. The van der Waals surface area contributed by atoms with Gasteiger partial charge in [-0.15, -0.1) is 0 Å². The number of aromatic nitrogens is 2. The van der Waals surface area contributed by atoms with Crippen molar-refractivity contribution < 1.29 is 18.3 Å². The number of nitrogens with zero attached hydrogens (tertiary/aromatic N) is 4. The van der Waals surface area contributed by atoms with Gasteiger partial charge >= 0.3 is 4.12 Å². The smallest absolute Gasteiger partial charge is 0.425 e. The molecule has 7 nitrogen and oxygen atoms in total. The minimum atomic E-state index is -3.23. The van der Waals surface area contributed by atoms with E-state index in [2.05, 4.69) is 37.0 Å². The molecule has 0 saturated carbocycles. The number of amides is 1. The zero-order valence-corrected chi connectivity index (χ0v) is 24.1. The Kier molecular flexibility index (Phi) is 8.13. The number of anilines is 2. The van der Waals surface area contributed by atoms with Gasteiger partial charge in [0.05, 0.1) is 33.3 Å². The summed E-state index contributed by atoms with van der Waals surface area (Å²) in [5, 5.41) is 3.52. The van der Waals surface area contributed by atoms with Gasteiger partial charge in [0.15, 0.2) is 5.65 Å². The second-order valence-corrected chi connectivity index (χ2v) is 10.8. The Morgan fingerprint density at radius 2 is 1.62 bits per heavy atom. The minimum Gasteiger partial charge on any atom is -0.425 e. The number of piperazine rings is 1. The van der Waals surface area contributed by atoms with Crippen molar-refractivity contribution in [2.45, 2.75) is 24.0 Å². The lowest BCUT2D eigenvalue weighted by Gasteiger charge is -2.37. The maximum atomic E-state index is 13.1. The van der Waals surface area contributed by atoms with Crippen molar-refractivity contribution in [2.24, 2.45) is 0 Å². The monoisotopic (exact) mass is 665 g/mol. The molecule has 39 heavy (non-hydrogen) atoms. The lowest BCUT2D eigenvalue weighted by atomic mass is 10.1. The summed E-state index contributed by atoms with van der Waals surface area (Å²) in [7, 11) is 0. The number of carbonyl (C=O) groups is 1. The van der Waals surface area contributed by atoms with Crippen LogP contribution in [0.15, 0.2) is 66.9 Å². The zero-order valence-electron chi connectivity index (χ0n) is 21.2. The highest BCUT2D eigenvalue weighted by Crippen LogP contribution is 2.29. The molecule has 1 fully saturated rings. The summed E-state index contributed by atoms with van der Waals surface area (Å²) < 4.78 is 29.2. The number of ether oxygens (including phenoxy) is 1. The largest absolute Gasteiger partial charge is 0.451 e. The first-order valence-corrected chi connectivity index (χ1v) is 14.1. The van der Waals surface area contributed by atoms with E-state index >= 15 is 0 Å². The van der Waals surface area contributed by atoms with Crippen LogP contribution in [0.25, 0.3) is 5.65 Å². The number of hydrogen-bond acceptors (Lipinski definition) is 5. The third-order valence-corrected chi connectivity index (χ3v) is 7.21. The van der Waals surface area contributed by atoms with Crippen LogP contribution in [0.1, 0.15) is 28.7 Å². The molecule has 11 heteroatoms. The van der Waals surface area contributed by atoms with E-state index in [0.29, 0.717) is 35.0 Å². The topological polar surface area (TPSA) is 62.1 Å². The molecule has 3 heterocycles. The first-order valence-electron chi connectivity index (χ1n) is 12.6. The van der Waals surface area contributed by atoms with Gasteiger partial charge in [-0.05, 0) is 60.5 Å². The molecule has 1 aliphatic heterocycles. The van der Waals surface area contributed by atoms with E-state index in [1.54, 1.807) is 47.0 Å². The average molecular weight is 666 g/mol. The summed E-state index contributed by atoms with van der Waals surface area (Å²) >= 11 is 7.23. The van der Waals surface area contributed by atoms with E-state index in [0.717, 1.165) is 65.7 Å². The number of hydrogen-bond donors (Lipinski definition) is 1. The summed E-state index contributed by atoms with van der Waals surface area (Å²) in [5.41, 5.74) is 4.88. The standard InChI is InChI=1S/C28H27ClF2IN5O2/c1-2-24-25(37-13-3-4-23(29)26(37)34-24)27(38)33-18-19-5-7-20(8-6-19)35-14-16-36(17-15-35)21-9-11-22(12-10-21)39-28(30,31)32/h3-13H,2,14-18H2,1H3,(H,33,38). The maximum absolute atomic E-state index is 13.1. The number of rotatable bonds is 8. The van der Waals surface area contributed by atoms with Crippen molar-refractivity contribution in [1.29, 1.82) is 0 Å². The average Bonchev–Trinajstić information content (AvgIpc) is 3.32. The number of halogens is 4. The number of fused-ring (bicyclic) bond motifs is 1. The van der Waals surface area contributed by atoms with E-state index in [-0.39, 0.29) is 11.7 Å². The predicted octanol–water partition coefficient (Wildman–Crippen LogP) is 6.17. The van der Waals surface area contributed by atoms with E-state index in [1.165, 1.54) is 0 Å². The molecular weight excluding hydrogens is 639 g/mol. The zero-order chi connectivity index (χ0) is 27.6. The Morgan fingerprint density at radius 1 is 1.03 bits per heavy atom. The van der Waals surface area contributed by atoms with Gasteiger partial charge < -0.3 is 19.9 Å². The fourth-order valence-electron chi connectivity index (χ4n) is 4.74. The van der Waals surface area contributed by atoms with Gasteiger partial charge in [0, 0.05) is 50.3 Å². The molecule has 0 spiro atoms. The van der Waals surface area contributed by atoms with Crippen molar-refractivity contribution in [3.05, 3.63) is 88.8 Å². The van der Waals surface area contributed by atoms with Crippen molar-refractivity contribution >= 4 is 57.1 Å². The Hall–Kier alpha value is -3.12. The molecule has 0 atom stereocenters. The van der Waals surface area contributed by atoms with Crippen molar-refractivity contribution in [2.75, 3.05) is 36.0 Å². The van der Waals surface area contributed by atoms with Crippen LogP contribution in [0.5, 0.6) is 5.75 Å². The number of benzene rings is 2. The first kappa shape index (κ1) is 27.4. The fourth-order valence-corrected chi connectivity index (χ4v) is 5.20. The van der Waals surface area contributed by atoms with E-state index < -0.39 is 4.12 Å². The third-order valence-electron chi connectivity index (χ3n) is 6.69. The van der Waals surface area contributed by atoms with E-state index in [1.807, 2.05) is 19.1 Å². The summed E-state index contributed by atoms with van der Waals surface area (Å²) in [6.45, 7) is 5.64. The molecule has 4 aromatic rings. The van der Waals surface area contributed by atoms with Crippen molar-refractivity contribution in [3.63, 3.8) is 0 Å². The maximum Gasteiger partial charge on any atom is 0.451 e. The SMILES string of the molecule is CCc1nc2c(Cl)cccn2c1C(=O)NCc1ccc(N2CCN(c3ccc(OC(F)(F)I)cc3)CC2)cc1. The van der Waals surface area contributed by atoms with Crippen LogP contribution in [-0.4, -0.2) is 45.6 Å². The van der Waals surface area contributed by atoms with Crippen molar-refractivity contribution in [3.8, 4) is 5.75 Å². The van der Waals surface area contributed by atoms with Gasteiger partial charge in [-0.3, -0.25) is 9.20 Å². The lowest BCUT2D eigenvalue weighted by molar-refractivity contribution is -0.0691. The molecule has 1 N–H and O–H groups in total. The molecular formula is C28H27ClF2IN5O2. The lowest BCUT2D eigenvalue weighted by Crippen LogP contribution is -2.46. The Bertz CT molecular complexity index is 1450. The summed E-state index contributed by atoms with van der Waals surface area (Å²) in [5.74, 6) is -0.0498. The second kappa shape index (κ2) is 11.5. The van der Waals surface area contributed by atoms with Gasteiger partial charge in [0.25, 0.3) is 5.91 Å².